The number of nitrogens with zero attached hydrogens (tertiary/aromatic N) is 1. The molecule has 2 nitrogen and oxygen atoms in total. The summed E-state index contributed by atoms with van der Waals surface area (Å²) in [4.78, 5) is 2.13. The first-order valence-corrected chi connectivity index (χ1v) is 7.07. The first kappa shape index (κ1) is 15.7. The van der Waals surface area contributed by atoms with Gasteiger partial charge in [0.25, 0.3) is 0 Å². The van der Waals surface area contributed by atoms with Crippen molar-refractivity contribution in [1.82, 2.24) is 5.32 Å². The molecule has 0 amide bonds. The van der Waals surface area contributed by atoms with Gasteiger partial charge in [-0.15, -0.1) is 6.58 Å². The lowest BCUT2D eigenvalue weighted by molar-refractivity contribution is 0.611. The van der Waals surface area contributed by atoms with E-state index in [0.29, 0.717) is 0 Å². The van der Waals surface area contributed by atoms with Gasteiger partial charge in [-0.3, -0.25) is 0 Å². The Balaban J connectivity index is 2.84. The monoisotopic (exact) mass is 264 g/mol. The lowest BCUT2D eigenvalue weighted by atomic mass is 10.1. The zero-order valence-corrected chi connectivity index (χ0v) is 12.1. The third kappa shape index (κ3) is 5.03. The van der Waals surface area contributed by atoms with Crippen molar-refractivity contribution in [1.29, 1.82) is 0 Å². The second-order valence-corrected chi connectivity index (χ2v) is 4.69. The minimum Gasteiger partial charge on any atom is -0.369 e. The Kier molecular flexibility index (Phi) is 7.19. The van der Waals surface area contributed by atoms with Crippen LogP contribution in [0.3, 0.4) is 0 Å². The van der Waals surface area contributed by atoms with Crippen LogP contribution in [0.25, 0.3) is 0 Å². The van der Waals surface area contributed by atoms with Crippen LogP contribution in [0.1, 0.15) is 32.3 Å². The van der Waals surface area contributed by atoms with E-state index in [-0.39, 0.29) is 5.82 Å². The zero-order chi connectivity index (χ0) is 14.1. The Labute approximate surface area is 116 Å². The molecule has 0 spiro atoms. The van der Waals surface area contributed by atoms with Crippen LogP contribution in [-0.4, -0.2) is 19.6 Å². The van der Waals surface area contributed by atoms with Crippen molar-refractivity contribution in [2.24, 2.45) is 0 Å². The molecule has 0 atom stereocenters. The van der Waals surface area contributed by atoms with Crippen molar-refractivity contribution in [2.45, 2.75) is 33.2 Å². The molecular weight excluding hydrogens is 239 g/mol. The summed E-state index contributed by atoms with van der Waals surface area (Å²) >= 11 is 0. The molecule has 0 fully saturated rings. The third-order valence-electron chi connectivity index (χ3n) is 2.96. The smallest absolute Gasteiger partial charge is 0.146 e. The van der Waals surface area contributed by atoms with Crippen LogP contribution in [0.15, 0.2) is 30.9 Å². The van der Waals surface area contributed by atoms with E-state index in [1.54, 1.807) is 6.07 Å². The molecule has 106 valence electrons. The van der Waals surface area contributed by atoms with E-state index in [1.807, 2.05) is 18.2 Å². The van der Waals surface area contributed by atoms with Crippen LogP contribution in [0.2, 0.25) is 0 Å². The van der Waals surface area contributed by atoms with Gasteiger partial charge in [0, 0.05) is 26.2 Å². The Bertz CT molecular complexity index is 384. The second-order valence-electron chi connectivity index (χ2n) is 4.69. The molecule has 0 radical (unpaired) electrons. The lowest BCUT2D eigenvalue weighted by Crippen LogP contribution is -2.26. The molecule has 0 aliphatic rings. The average Bonchev–Trinajstić information content (AvgIpc) is 2.41. The molecule has 1 N–H and O–H groups in total. The van der Waals surface area contributed by atoms with Gasteiger partial charge in [0.05, 0.1) is 5.69 Å². The molecule has 0 saturated heterocycles. The highest BCUT2D eigenvalue weighted by Gasteiger charge is 2.10. The third-order valence-corrected chi connectivity index (χ3v) is 2.96. The summed E-state index contributed by atoms with van der Waals surface area (Å²) in [5.41, 5.74) is 1.83. The highest BCUT2D eigenvalue weighted by Crippen LogP contribution is 2.21. The lowest BCUT2D eigenvalue weighted by Gasteiger charge is -2.25. The summed E-state index contributed by atoms with van der Waals surface area (Å²) in [5, 5.41) is 3.24. The predicted molar refractivity (Wildman–Crippen MR) is 81.1 cm³/mol. The Hall–Kier alpha value is -1.35. The summed E-state index contributed by atoms with van der Waals surface area (Å²) in [7, 11) is 0. The maximum absolute atomic E-state index is 14.0. The Morgan fingerprint density at radius 2 is 1.95 bits per heavy atom. The number of rotatable bonds is 9. The first-order chi connectivity index (χ1) is 9.22. The fourth-order valence-electron chi connectivity index (χ4n) is 2.12. The van der Waals surface area contributed by atoms with Crippen LogP contribution in [0, 0.1) is 5.82 Å². The first-order valence-electron chi connectivity index (χ1n) is 7.07. The minimum atomic E-state index is -0.130. The molecule has 0 unspecified atom stereocenters. The van der Waals surface area contributed by atoms with E-state index in [1.165, 1.54) is 0 Å². The molecule has 3 heteroatoms. The number of nitrogens with one attached hydrogen (secondary N) is 1. The van der Waals surface area contributed by atoms with Crippen molar-refractivity contribution >= 4 is 5.69 Å². The molecule has 0 aromatic heterocycles. The van der Waals surface area contributed by atoms with Crippen LogP contribution >= 0.6 is 0 Å². The van der Waals surface area contributed by atoms with Gasteiger partial charge in [0.2, 0.25) is 0 Å². The van der Waals surface area contributed by atoms with Gasteiger partial charge in [0.15, 0.2) is 0 Å². The number of halogens is 1. The standard InChI is InChI=1S/C16H25FN2/c1-4-9-18-13-14-7-8-15(17)16(12-14)19(10-5-2)11-6-3/h4,7-8,12,18H,1,5-6,9-11,13H2,2-3H3. The number of anilines is 1. The van der Waals surface area contributed by atoms with Gasteiger partial charge in [-0.1, -0.05) is 26.0 Å². The zero-order valence-electron chi connectivity index (χ0n) is 12.1. The molecular formula is C16H25FN2. The molecule has 0 bridgehead atoms. The van der Waals surface area contributed by atoms with Gasteiger partial charge in [-0.25, -0.2) is 4.39 Å². The van der Waals surface area contributed by atoms with Gasteiger partial charge < -0.3 is 10.2 Å². The van der Waals surface area contributed by atoms with Crippen molar-refractivity contribution in [3.05, 3.63) is 42.2 Å². The van der Waals surface area contributed by atoms with Crippen molar-refractivity contribution in [3.8, 4) is 0 Å². The van der Waals surface area contributed by atoms with Gasteiger partial charge in [-0.05, 0) is 30.5 Å². The van der Waals surface area contributed by atoms with Gasteiger partial charge in [-0.2, -0.15) is 0 Å². The predicted octanol–water partition coefficient (Wildman–Crippen LogP) is 3.73. The van der Waals surface area contributed by atoms with E-state index in [4.69, 9.17) is 0 Å². The highest BCUT2D eigenvalue weighted by molar-refractivity contribution is 5.50. The largest absolute Gasteiger partial charge is 0.369 e. The normalized spacial score (nSPS) is 10.5. The van der Waals surface area contributed by atoms with E-state index < -0.39 is 0 Å². The van der Waals surface area contributed by atoms with Crippen LogP contribution < -0.4 is 10.2 Å². The van der Waals surface area contributed by atoms with E-state index in [9.17, 15) is 4.39 Å². The maximum atomic E-state index is 14.0. The molecule has 0 aliphatic heterocycles. The number of hydrogen-bond acceptors (Lipinski definition) is 2. The summed E-state index contributed by atoms with van der Waals surface area (Å²) in [6.45, 7) is 11.2. The minimum absolute atomic E-state index is 0.130. The summed E-state index contributed by atoms with van der Waals surface area (Å²) in [5.74, 6) is -0.130. The van der Waals surface area contributed by atoms with Crippen LogP contribution in [-0.2, 0) is 6.54 Å². The number of hydrogen-bond donors (Lipinski definition) is 1. The number of benzene rings is 1. The fourth-order valence-corrected chi connectivity index (χ4v) is 2.12. The molecule has 19 heavy (non-hydrogen) atoms. The van der Waals surface area contributed by atoms with E-state index in [2.05, 4.69) is 30.6 Å². The van der Waals surface area contributed by atoms with E-state index >= 15 is 0 Å². The van der Waals surface area contributed by atoms with E-state index in [0.717, 1.165) is 50.3 Å². The van der Waals surface area contributed by atoms with Crippen LogP contribution in [0.5, 0.6) is 0 Å². The van der Waals surface area contributed by atoms with Crippen molar-refractivity contribution < 1.29 is 4.39 Å². The molecule has 0 saturated carbocycles. The van der Waals surface area contributed by atoms with Crippen molar-refractivity contribution in [2.75, 3.05) is 24.5 Å². The van der Waals surface area contributed by atoms with Crippen molar-refractivity contribution in [3.63, 3.8) is 0 Å². The summed E-state index contributed by atoms with van der Waals surface area (Å²) in [6.07, 6.45) is 3.88. The molecule has 0 aliphatic carbocycles. The van der Waals surface area contributed by atoms with Crippen LogP contribution in [0.4, 0.5) is 10.1 Å². The van der Waals surface area contributed by atoms with Gasteiger partial charge >= 0.3 is 0 Å². The fraction of sp³-hybridized carbons (Fsp3) is 0.500. The van der Waals surface area contributed by atoms with Gasteiger partial charge in [0.1, 0.15) is 5.82 Å². The quantitative estimate of drug-likeness (QED) is 0.540. The summed E-state index contributed by atoms with van der Waals surface area (Å²) < 4.78 is 14.0. The molecule has 1 aromatic carbocycles. The Morgan fingerprint density at radius 1 is 1.26 bits per heavy atom. The Morgan fingerprint density at radius 3 is 2.53 bits per heavy atom. The topological polar surface area (TPSA) is 15.3 Å². The summed E-state index contributed by atoms with van der Waals surface area (Å²) in [6, 6.07) is 5.36. The highest BCUT2D eigenvalue weighted by atomic mass is 19.1. The average molecular weight is 264 g/mol. The molecule has 0 heterocycles. The molecule has 1 rings (SSSR count). The SMILES string of the molecule is C=CCNCc1ccc(F)c(N(CCC)CCC)c1. The second kappa shape index (κ2) is 8.70. The maximum Gasteiger partial charge on any atom is 0.146 e. The molecule has 1 aromatic rings.